The lowest BCUT2D eigenvalue weighted by Crippen LogP contribution is -2.52. The standard InChI is InChI=1S/C18H22N2O4/c1-3-11-18(2,17(22)23)20-15(21)9-10-16-19-12-14(24-16)13-7-5-4-6-8-13/h4-8,12H,3,9-11H2,1-2H3,(H,20,21)(H,22,23). The Kier molecular flexibility index (Phi) is 5.73. The monoisotopic (exact) mass is 330 g/mol. The first kappa shape index (κ1) is 17.7. The number of nitrogens with one attached hydrogen (secondary N) is 1. The molecule has 1 amide bonds. The van der Waals surface area contributed by atoms with Gasteiger partial charge < -0.3 is 14.8 Å². The zero-order valence-corrected chi connectivity index (χ0v) is 13.9. The van der Waals surface area contributed by atoms with Crippen molar-refractivity contribution in [2.24, 2.45) is 0 Å². The first-order chi connectivity index (χ1) is 11.4. The van der Waals surface area contributed by atoms with E-state index in [9.17, 15) is 14.7 Å². The van der Waals surface area contributed by atoms with Crippen LogP contribution in [0.4, 0.5) is 0 Å². The van der Waals surface area contributed by atoms with Crippen molar-refractivity contribution in [2.45, 2.75) is 45.1 Å². The van der Waals surface area contributed by atoms with Crippen molar-refractivity contribution in [2.75, 3.05) is 0 Å². The number of rotatable bonds is 8. The molecule has 2 N–H and O–H groups in total. The molecule has 6 nitrogen and oxygen atoms in total. The van der Waals surface area contributed by atoms with Gasteiger partial charge in [-0.25, -0.2) is 9.78 Å². The summed E-state index contributed by atoms with van der Waals surface area (Å²) in [4.78, 5) is 27.5. The van der Waals surface area contributed by atoms with E-state index in [1.165, 1.54) is 6.92 Å². The summed E-state index contributed by atoms with van der Waals surface area (Å²) in [6, 6.07) is 9.57. The van der Waals surface area contributed by atoms with E-state index in [0.717, 1.165) is 5.56 Å². The van der Waals surface area contributed by atoms with Gasteiger partial charge in [0.05, 0.1) is 6.20 Å². The van der Waals surface area contributed by atoms with E-state index in [2.05, 4.69) is 10.3 Å². The van der Waals surface area contributed by atoms with Gasteiger partial charge in [-0.15, -0.1) is 0 Å². The first-order valence-electron chi connectivity index (χ1n) is 7.99. The van der Waals surface area contributed by atoms with Crippen LogP contribution in [0.15, 0.2) is 40.9 Å². The zero-order chi connectivity index (χ0) is 17.6. The highest BCUT2D eigenvalue weighted by molar-refractivity contribution is 5.86. The Morgan fingerprint density at radius 1 is 1.29 bits per heavy atom. The van der Waals surface area contributed by atoms with Gasteiger partial charge in [-0.3, -0.25) is 4.79 Å². The van der Waals surface area contributed by atoms with Gasteiger partial charge in [0.1, 0.15) is 5.54 Å². The van der Waals surface area contributed by atoms with Gasteiger partial charge in [0.15, 0.2) is 11.7 Å². The van der Waals surface area contributed by atoms with Crippen LogP contribution >= 0.6 is 0 Å². The maximum absolute atomic E-state index is 12.0. The van der Waals surface area contributed by atoms with Crippen molar-refractivity contribution < 1.29 is 19.1 Å². The number of carbonyl (C=O) groups excluding carboxylic acids is 1. The molecule has 1 heterocycles. The van der Waals surface area contributed by atoms with E-state index in [1.54, 1.807) is 6.20 Å². The molecular weight excluding hydrogens is 308 g/mol. The largest absolute Gasteiger partial charge is 0.480 e. The Morgan fingerprint density at radius 3 is 2.62 bits per heavy atom. The molecule has 1 unspecified atom stereocenters. The van der Waals surface area contributed by atoms with Gasteiger partial charge in [0.25, 0.3) is 0 Å². The average molecular weight is 330 g/mol. The summed E-state index contributed by atoms with van der Waals surface area (Å²) in [6.45, 7) is 3.40. The third-order valence-electron chi connectivity index (χ3n) is 3.82. The van der Waals surface area contributed by atoms with E-state index >= 15 is 0 Å². The average Bonchev–Trinajstić information content (AvgIpc) is 3.03. The molecule has 1 aromatic carbocycles. The van der Waals surface area contributed by atoms with Crippen molar-refractivity contribution in [3.8, 4) is 11.3 Å². The predicted molar refractivity (Wildman–Crippen MR) is 89.4 cm³/mol. The Morgan fingerprint density at radius 2 is 2.00 bits per heavy atom. The second-order valence-electron chi connectivity index (χ2n) is 5.92. The number of benzene rings is 1. The molecule has 0 radical (unpaired) electrons. The summed E-state index contributed by atoms with van der Waals surface area (Å²) in [5.41, 5.74) is -0.320. The fourth-order valence-electron chi connectivity index (χ4n) is 2.48. The molecular formula is C18H22N2O4. The van der Waals surface area contributed by atoms with Crippen molar-refractivity contribution in [1.29, 1.82) is 0 Å². The second-order valence-corrected chi connectivity index (χ2v) is 5.92. The van der Waals surface area contributed by atoms with Gasteiger partial charge in [0, 0.05) is 18.4 Å². The third kappa shape index (κ3) is 4.44. The summed E-state index contributed by atoms with van der Waals surface area (Å²) >= 11 is 0. The van der Waals surface area contributed by atoms with Crippen LogP contribution in [0.2, 0.25) is 0 Å². The van der Waals surface area contributed by atoms with Crippen LogP contribution in [0.25, 0.3) is 11.3 Å². The van der Waals surface area contributed by atoms with E-state index in [-0.39, 0.29) is 12.3 Å². The van der Waals surface area contributed by atoms with Crippen LogP contribution in [0.1, 0.15) is 39.0 Å². The fraction of sp³-hybridized carbons (Fsp3) is 0.389. The summed E-state index contributed by atoms with van der Waals surface area (Å²) in [5.74, 6) is -0.253. The minimum absolute atomic E-state index is 0.126. The topological polar surface area (TPSA) is 92.4 Å². The molecule has 0 aliphatic rings. The van der Waals surface area contributed by atoms with E-state index < -0.39 is 11.5 Å². The van der Waals surface area contributed by atoms with Crippen molar-refractivity contribution in [1.82, 2.24) is 10.3 Å². The van der Waals surface area contributed by atoms with Crippen molar-refractivity contribution in [3.05, 3.63) is 42.4 Å². The summed E-state index contributed by atoms with van der Waals surface area (Å²) in [6.07, 6.45) is 3.12. The molecule has 0 bridgehead atoms. The molecule has 2 aromatic rings. The van der Waals surface area contributed by atoms with Gasteiger partial charge >= 0.3 is 5.97 Å². The van der Waals surface area contributed by atoms with E-state index in [0.29, 0.717) is 30.9 Å². The molecule has 0 aliphatic heterocycles. The van der Waals surface area contributed by atoms with Crippen LogP contribution in [0.3, 0.4) is 0 Å². The molecule has 6 heteroatoms. The quantitative estimate of drug-likeness (QED) is 0.776. The van der Waals surface area contributed by atoms with E-state index in [1.807, 2.05) is 37.3 Å². The number of amides is 1. The SMILES string of the molecule is CCCC(C)(NC(=O)CCc1ncc(-c2ccccc2)o1)C(=O)O. The number of oxazole rings is 1. The highest BCUT2D eigenvalue weighted by Crippen LogP contribution is 2.20. The predicted octanol–water partition coefficient (Wildman–Crippen LogP) is 3.03. The molecule has 1 aromatic heterocycles. The van der Waals surface area contributed by atoms with Gasteiger partial charge in [-0.05, 0) is 13.3 Å². The fourth-order valence-corrected chi connectivity index (χ4v) is 2.48. The molecule has 0 saturated heterocycles. The zero-order valence-electron chi connectivity index (χ0n) is 13.9. The number of hydrogen-bond donors (Lipinski definition) is 2. The lowest BCUT2D eigenvalue weighted by atomic mass is 9.96. The maximum atomic E-state index is 12.0. The Bertz CT molecular complexity index is 696. The van der Waals surface area contributed by atoms with Gasteiger partial charge in [0.2, 0.25) is 5.91 Å². The normalized spacial score (nSPS) is 13.2. The molecule has 0 saturated carbocycles. The molecule has 24 heavy (non-hydrogen) atoms. The maximum Gasteiger partial charge on any atom is 0.329 e. The van der Waals surface area contributed by atoms with Gasteiger partial charge in [-0.2, -0.15) is 0 Å². The molecule has 128 valence electrons. The number of aryl methyl sites for hydroxylation is 1. The molecule has 0 spiro atoms. The number of carboxylic acids is 1. The third-order valence-corrected chi connectivity index (χ3v) is 3.82. The van der Waals surface area contributed by atoms with Crippen LogP contribution < -0.4 is 5.32 Å². The lowest BCUT2D eigenvalue weighted by Gasteiger charge is -2.25. The number of aliphatic carboxylic acids is 1. The summed E-state index contributed by atoms with van der Waals surface area (Å²) in [5, 5.41) is 11.9. The highest BCUT2D eigenvalue weighted by atomic mass is 16.4. The summed E-state index contributed by atoms with van der Waals surface area (Å²) in [7, 11) is 0. The molecule has 2 rings (SSSR count). The van der Waals surface area contributed by atoms with Crippen LogP contribution in [0, 0.1) is 0 Å². The van der Waals surface area contributed by atoms with Crippen LogP contribution in [0.5, 0.6) is 0 Å². The molecule has 1 atom stereocenters. The minimum atomic E-state index is -1.24. The molecule has 0 aliphatic carbocycles. The minimum Gasteiger partial charge on any atom is -0.480 e. The number of carboxylic acid groups (broad SMARTS) is 1. The highest BCUT2D eigenvalue weighted by Gasteiger charge is 2.33. The van der Waals surface area contributed by atoms with Crippen LogP contribution in [-0.2, 0) is 16.0 Å². The Labute approximate surface area is 140 Å². The van der Waals surface area contributed by atoms with Crippen LogP contribution in [-0.4, -0.2) is 27.5 Å². The lowest BCUT2D eigenvalue weighted by molar-refractivity contribution is -0.147. The number of nitrogens with zero attached hydrogens (tertiary/aromatic N) is 1. The number of carbonyl (C=O) groups is 2. The summed E-state index contributed by atoms with van der Waals surface area (Å²) < 4.78 is 5.64. The van der Waals surface area contributed by atoms with Gasteiger partial charge in [-0.1, -0.05) is 43.7 Å². The number of hydrogen-bond acceptors (Lipinski definition) is 4. The Balaban J connectivity index is 1.93. The van der Waals surface area contributed by atoms with E-state index in [4.69, 9.17) is 4.42 Å². The molecule has 0 fully saturated rings. The number of aromatic nitrogens is 1. The smallest absolute Gasteiger partial charge is 0.329 e. The first-order valence-corrected chi connectivity index (χ1v) is 7.99. The van der Waals surface area contributed by atoms with Crippen molar-refractivity contribution in [3.63, 3.8) is 0 Å². The Hall–Kier alpha value is -2.63. The second kappa shape index (κ2) is 7.77. The van der Waals surface area contributed by atoms with Crippen molar-refractivity contribution >= 4 is 11.9 Å².